The number of hydrogen-bond acceptors (Lipinski definition) is 4. The third kappa shape index (κ3) is 4.44. The molecule has 9 heteroatoms. The summed E-state index contributed by atoms with van der Waals surface area (Å²) in [6.07, 6.45) is 1.60. The van der Waals surface area contributed by atoms with E-state index in [9.17, 15) is 14.7 Å². The van der Waals surface area contributed by atoms with Crippen LogP contribution >= 0.6 is 39.1 Å². The molecule has 0 bridgehead atoms. The standard InChI is InChI=1S/C19H12BrCl2N3O3/c20-10-5-7-14(23-9-10)12-6-8-15(17(26)16(12)22)24-19(28)25-18(27)11-3-1-2-4-13(11)21/h1-9,26H,(H2,24,25,27,28). The second-order valence-electron chi connectivity index (χ2n) is 5.57. The molecule has 2 aromatic carbocycles. The highest BCUT2D eigenvalue weighted by Gasteiger charge is 2.17. The number of imide groups is 1. The fraction of sp³-hybridized carbons (Fsp3) is 0. The zero-order valence-electron chi connectivity index (χ0n) is 14.0. The Kier molecular flexibility index (Phi) is 6.18. The summed E-state index contributed by atoms with van der Waals surface area (Å²) >= 11 is 15.5. The zero-order valence-corrected chi connectivity index (χ0v) is 17.1. The molecular weight excluding hydrogens is 469 g/mol. The maximum Gasteiger partial charge on any atom is 0.326 e. The smallest absolute Gasteiger partial charge is 0.326 e. The third-order valence-electron chi connectivity index (χ3n) is 3.71. The van der Waals surface area contributed by atoms with Crippen LogP contribution in [-0.4, -0.2) is 22.0 Å². The van der Waals surface area contributed by atoms with Crippen LogP contribution in [0.15, 0.2) is 59.2 Å². The van der Waals surface area contributed by atoms with E-state index in [1.165, 1.54) is 18.2 Å². The van der Waals surface area contributed by atoms with Gasteiger partial charge in [0.15, 0.2) is 5.75 Å². The van der Waals surface area contributed by atoms with Gasteiger partial charge >= 0.3 is 6.03 Å². The molecule has 0 spiro atoms. The van der Waals surface area contributed by atoms with Gasteiger partial charge in [-0.1, -0.05) is 35.3 Å². The number of carbonyl (C=O) groups is 2. The number of rotatable bonds is 3. The monoisotopic (exact) mass is 479 g/mol. The number of halogens is 3. The van der Waals surface area contributed by atoms with Crippen LogP contribution in [0.1, 0.15) is 10.4 Å². The lowest BCUT2D eigenvalue weighted by atomic mass is 10.1. The van der Waals surface area contributed by atoms with Crippen LogP contribution in [0.25, 0.3) is 11.3 Å². The lowest BCUT2D eigenvalue weighted by Crippen LogP contribution is -2.34. The van der Waals surface area contributed by atoms with Gasteiger partial charge in [-0.15, -0.1) is 0 Å². The average Bonchev–Trinajstić information content (AvgIpc) is 2.67. The Morgan fingerprint density at radius 1 is 1.04 bits per heavy atom. The summed E-state index contributed by atoms with van der Waals surface area (Å²) in [6.45, 7) is 0. The highest BCUT2D eigenvalue weighted by molar-refractivity contribution is 9.10. The van der Waals surface area contributed by atoms with Gasteiger partial charge in [0.05, 0.1) is 27.0 Å². The molecule has 0 unspecified atom stereocenters. The van der Waals surface area contributed by atoms with Crippen LogP contribution < -0.4 is 10.6 Å². The van der Waals surface area contributed by atoms with Crippen molar-refractivity contribution in [1.29, 1.82) is 0 Å². The normalized spacial score (nSPS) is 10.4. The fourth-order valence-corrected chi connectivity index (χ4v) is 3.09. The minimum absolute atomic E-state index is 0.0186. The van der Waals surface area contributed by atoms with E-state index in [-0.39, 0.29) is 27.0 Å². The summed E-state index contributed by atoms with van der Waals surface area (Å²) in [4.78, 5) is 28.5. The number of urea groups is 1. The molecule has 0 saturated carbocycles. The second-order valence-corrected chi connectivity index (χ2v) is 7.27. The molecular formula is C19H12BrCl2N3O3. The van der Waals surface area contributed by atoms with E-state index in [1.807, 2.05) is 0 Å². The highest BCUT2D eigenvalue weighted by Crippen LogP contribution is 2.39. The van der Waals surface area contributed by atoms with Crippen LogP contribution in [0.4, 0.5) is 10.5 Å². The average molecular weight is 481 g/mol. The first-order valence-electron chi connectivity index (χ1n) is 7.87. The van der Waals surface area contributed by atoms with Gasteiger partial charge in [-0.25, -0.2) is 4.79 Å². The van der Waals surface area contributed by atoms with E-state index < -0.39 is 11.9 Å². The van der Waals surface area contributed by atoms with E-state index in [4.69, 9.17) is 23.2 Å². The molecule has 3 rings (SSSR count). The van der Waals surface area contributed by atoms with Crippen molar-refractivity contribution in [2.24, 2.45) is 0 Å². The number of nitrogens with one attached hydrogen (secondary N) is 2. The first-order chi connectivity index (χ1) is 13.4. The molecule has 1 aromatic heterocycles. The minimum Gasteiger partial charge on any atom is -0.504 e. The van der Waals surface area contributed by atoms with Crippen molar-refractivity contribution in [2.45, 2.75) is 0 Å². The number of phenolic OH excluding ortho intramolecular Hbond substituents is 1. The molecule has 0 aliphatic carbocycles. The van der Waals surface area contributed by atoms with Crippen LogP contribution in [-0.2, 0) is 0 Å². The van der Waals surface area contributed by atoms with E-state index in [0.717, 1.165) is 4.47 Å². The third-order valence-corrected chi connectivity index (χ3v) is 4.89. The summed E-state index contributed by atoms with van der Waals surface area (Å²) < 4.78 is 0.801. The quantitative estimate of drug-likeness (QED) is 0.432. The first kappa shape index (κ1) is 20.1. The summed E-state index contributed by atoms with van der Waals surface area (Å²) in [6, 6.07) is 12.0. The Balaban J connectivity index is 1.76. The number of benzene rings is 2. The van der Waals surface area contributed by atoms with E-state index in [1.54, 1.807) is 36.5 Å². The van der Waals surface area contributed by atoms with Gasteiger partial charge in [-0.2, -0.15) is 0 Å². The molecule has 0 fully saturated rings. The number of carbonyl (C=O) groups excluding carboxylic acids is 2. The second kappa shape index (κ2) is 8.60. The fourth-order valence-electron chi connectivity index (χ4n) is 2.37. The summed E-state index contributed by atoms with van der Waals surface area (Å²) in [5.74, 6) is -1.02. The van der Waals surface area contributed by atoms with Gasteiger partial charge in [0.2, 0.25) is 0 Å². The molecule has 0 aliphatic rings. The SMILES string of the molecule is O=C(NC(=O)c1ccccc1Cl)Nc1ccc(-c2ccc(Br)cn2)c(Cl)c1O. The van der Waals surface area contributed by atoms with Crippen LogP contribution in [0.3, 0.4) is 0 Å². The molecule has 3 aromatic rings. The van der Waals surface area contributed by atoms with Crippen molar-refractivity contribution in [3.63, 3.8) is 0 Å². The Morgan fingerprint density at radius 3 is 2.46 bits per heavy atom. The Hall–Kier alpha value is -2.61. The van der Waals surface area contributed by atoms with Crippen LogP contribution in [0, 0.1) is 0 Å². The molecule has 0 saturated heterocycles. The maximum atomic E-state index is 12.1. The molecule has 0 aliphatic heterocycles. The number of pyridine rings is 1. The molecule has 28 heavy (non-hydrogen) atoms. The lowest BCUT2D eigenvalue weighted by molar-refractivity contribution is 0.0967. The zero-order chi connectivity index (χ0) is 20.3. The van der Waals surface area contributed by atoms with Gasteiger partial charge < -0.3 is 10.4 Å². The summed E-state index contributed by atoms with van der Waals surface area (Å²) in [7, 11) is 0. The molecule has 0 radical (unpaired) electrons. The predicted molar refractivity (Wildman–Crippen MR) is 112 cm³/mol. The minimum atomic E-state index is -0.842. The number of hydrogen-bond donors (Lipinski definition) is 3. The molecule has 3 amide bonds. The summed E-state index contributed by atoms with van der Waals surface area (Å²) in [5.41, 5.74) is 1.23. The van der Waals surface area contributed by atoms with Gasteiger partial charge in [0.25, 0.3) is 5.91 Å². The Bertz CT molecular complexity index is 1060. The van der Waals surface area contributed by atoms with Gasteiger partial charge in [0, 0.05) is 16.2 Å². The van der Waals surface area contributed by atoms with Crippen molar-refractivity contribution < 1.29 is 14.7 Å². The van der Waals surface area contributed by atoms with Gasteiger partial charge in [-0.05, 0) is 52.3 Å². The topological polar surface area (TPSA) is 91.3 Å². The van der Waals surface area contributed by atoms with Gasteiger partial charge in [0.1, 0.15) is 0 Å². The van der Waals surface area contributed by atoms with E-state index in [2.05, 4.69) is 31.5 Å². The largest absolute Gasteiger partial charge is 0.504 e. The first-order valence-corrected chi connectivity index (χ1v) is 9.42. The number of phenols is 1. The van der Waals surface area contributed by atoms with Crippen LogP contribution in [0.2, 0.25) is 10.0 Å². The number of anilines is 1. The number of nitrogens with zero attached hydrogens (tertiary/aromatic N) is 1. The molecule has 1 heterocycles. The Labute approximate surface area is 178 Å². The molecule has 6 nitrogen and oxygen atoms in total. The number of aromatic hydroxyl groups is 1. The van der Waals surface area contributed by atoms with Crippen molar-refractivity contribution in [3.05, 3.63) is 74.8 Å². The highest BCUT2D eigenvalue weighted by atomic mass is 79.9. The van der Waals surface area contributed by atoms with Crippen molar-refractivity contribution in [1.82, 2.24) is 10.3 Å². The van der Waals surface area contributed by atoms with Crippen molar-refractivity contribution >= 4 is 56.8 Å². The predicted octanol–water partition coefficient (Wildman–Crippen LogP) is 5.49. The maximum absolute atomic E-state index is 12.1. The Morgan fingerprint density at radius 2 is 1.79 bits per heavy atom. The van der Waals surface area contributed by atoms with Gasteiger partial charge in [-0.3, -0.25) is 15.1 Å². The number of aromatic nitrogens is 1. The molecule has 0 atom stereocenters. The number of amides is 3. The summed E-state index contributed by atoms with van der Waals surface area (Å²) in [5, 5.41) is 15.1. The van der Waals surface area contributed by atoms with E-state index >= 15 is 0 Å². The molecule has 142 valence electrons. The van der Waals surface area contributed by atoms with Crippen LogP contribution in [0.5, 0.6) is 5.75 Å². The lowest BCUT2D eigenvalue weighted by Gasteiger charge is -2.12. The van der Waals surface area contributed by atoms with E-state index in [0.29, 0.717) is 11.3 Å². The van der Waals surface area contributed by atoms with Crippen molar-refractivity contribution in [3.8, 4) is 17.0 Å². The van der Waals surface area contributed by atoms with Crippen molar-refractivity contribution in [2.75, 3.05) is 5.32 Å². The molecule has 3 N–H and O–H groups in total.